The first-order valence-corrected chi connectivity index (χ1v) is 9.23. The summed E-state index contributed by atoms with van der Waals surface area (Å²) in [7, 11) is 0. The smallest absolute Gasteiger partial charge is 0.260 e. The number of amidine groups is 1. The number of thioether (sulfide) groups is 1. The molecular weight excluding hydrogens is 330 g/mol. The van der Waals surface area contributed by atoms with Crippen LogP contribution in [-0.4, -0.2) is 27.8 Å². The fourth-order valence-corrected chi connectivity index (χ4v) is 4.01. The summed E-state index contributed by atoms with van der Waals surface area (Å²) in [5.74, 6) is 0.788. The Balaban J connectivity index is 1.94. The number of carbonyl (C=O) groups excluding carboxylic acids is 1. The number of aryl methyl sites for hydroxylation is 1. The summed E-state index contributed by atoms with van der Waals surface area (Å²) in [6, 6.07) is 16.9. The molecule has 0 aliphatic carbocycles. The zero-order valence-corrected chi connectivity index (χ0v) is 15.1. The Morgan fingerprint density at radius 1 is 1.32 bits per heavy atom. The number of benzene rings is 2. The molecule has 25 heavy (non-hydrogen) atoms. The quantitative estimate of drug-likeness (QED) is 0.818. The summed E-state index contributed by atoms with van der Waals surface area (Å²) in [6.07, 6.45) is 0.877. The molecule has 1 saturated heterocycles. The van der Waals surface area contributed by atoms with E-state index in [1.54, 1.807) is 40.9 Å². The van der Waals surface area contributed by atoms with Crippen LogP contribution in [0.1, 0.15) is 34.8 Å². The van der Waals surface area contributed by atoms with Crippen LogP contribution in [0.5, 0.6) is 0 Å². The van der Waals surface area contributed by atoms with Crippen LogP contribution in [0.15, 0.2) is 53.5 Å². The van der Waals surface area contributed by atoms with Crippen molar-refractivity contribution >= 4 is 28.5 Å². The zero-order valence-electron chi connectivity index (χ0n) is 14.3. The molecule has 3 rings (SSSR count). The summed E-state index contributed by atoms with van der Waals surface area (Å²) >= 11 is 1.62. The van der Waals surface area contributed by atoms with E-state index in [1.165, 1.54) is 0 Å². The Hall–Kier alpha value is -2.58. The fourth-order valence-electron chi connectivity index (χ4n) is 2.74. The van der Waals surface area contributed by atoms with Gasteiger partial charge < -0.3 is 0 Å². The van der Waals surface area contributed by atoms with Gasteiger partial charge in [0, 0.05) is 17.4 Å². The molecule has 5 heteroatoms. The van der Waals surface area contributed by atoms with E-state index in [0.717, 1.165) is 28.6 Å². The molecule has 4 nitrogen and oxygen atoms in total. The highest BCUT2D eigenvalue weighted by Crippen LogP contribution is 2.30. The fraction of sp³-hybridized carbons (Fsp3) is 0.250. The summed E-state index contributed by atoms with van der Waals surface area (Å²) in [5.41, 5.74) is 3.13. The molecule has 0 aromatic heterocycles. The first-order chi connectivity index (χ1) is 12.1. The lowest BCUT2D eigenvalue weighted by Gasteiger charge is -2.23. The second kappa shape index (κ2) is 7.54. The average molecular weight is 349 g/mol. The van der Waals surface area contributed by atoms with Crippen LogP contribution in [0, 0.1) is 18.3 Å². The van der Waals surface area contributed by atoms with Crippen molar-refractivity contribution in [3.8, 4) is 6.07 Å². The number of rotatable bonds is 3. The molecule has 126 valence electrons. The van der Waals surface area contributed by atoms with E-state index in [0.29, 0.717) is 11.1 Å². The number of nitriles is 1. The van der Waals surface area contributed by atoms with Crippen molar-refractivity contribution in [1.82, 2.24) is 4.90 Å². The van der Waals surface area contributed by atoms with Gasteiger partial charge in [-0.25, -0.2) is 4.99 Å². The van der Waals surface area contributed by atoms with E-state index in [2.05, 4.69) is 13.0 Å². The second-order valence-corrected chi connectivity index (χ2v) is 6.96. The highest BCUT2D eigenvalue weighted by Gasteiger charge is 2.34. The molecule has 0 radical (unpaired) electrons. The molecule has 1 atom stereocenters. The molecule has 0 saturated carbocycles. The standard InChI is InChI=1S/C20H19N3OS/c1-3-18-13-25-20(22-17-6-4-5-14(2)11-17)23(18)19(24)16-9-7-15(12-21)8-10-16/h4-11,18H,3,13H2,1-2H3/t18-/m1/s1. The van der Waals surface area contributed by atoms with Crippen LogP contribution in [-0.2, 0) is 0 Å². The minimum Gasteiger partial charge on any atom is -0.283 e. The lowest BCUT2D eigenvalue weighted by atomic mass is 10.1. The lowest BCUT2D eigenvalue weighted by Crippen LogP contribution is -2.39. The minimum atomic E-state index is -0.0623. The van der Waals surface area contributed by atoms with E-state index in [4.69, 9.17) is 10.3 Å². The zero-order chi connectivity index (χ0) is 17.8. The minimum absolute atomic E-state index is 0.0623. The van der Waals surface area contributed by atoms with Gasteiger partial charge in [0.15, 0.2) is 5.17 Å². The van der Waals surface area contributed by atoms with Crippen LogP contribution in [0.2, 0.25) is 0 Å². The third-order valence-corrected chi connectivity index (χ3v) is 5.25. The highest BCUT2D eigenvalue weighted by atomic mass is 32.2. The summed E-state index contributed by atoms with van der Waals surface area (Å²) in [5, 5.41) is 9.66. The van der Waals surface area contributed by atoms with E-state index < -0.39 is 0 Å². The number of hydrogen-bond acceptors (Lipinski definition) is 4. The maximum absolute atomic E-state index is 13.0. The van der Waals surface area contributed by atoms with Gasteiger partial charge in [-0.1, -0.05) is 30.8 Å². The van der Waals surface area contributed by atoms with Gasteiger partial charge >= 0.3 is 0 Å². The predicted molar refractivity (Wildman–Crippen MR) is 102 cm³/mol. The van der Waals surface area contributed by atoms with E-state index >= 15 is 0 Å². The SMILES string of the molecule is CC[C@@H]1CSC(=Nc2cccc(C)c2)N1C(=O)c1ccc(C#N)cc1. The molecule has 0 unspecified atom stereocenters. The second-order valence-electron chi connectivity index (χ2n) is 5.97. The molecular formula is C20H19N3OS. The van der Waals surface area contributed by atoms with Crippen LogP contribution < -0.4 is 0 Å². The molecule has 1 heterocycles. The van der Waals surface area contributed by atoms with Crippen molar-refractivity contribution in [3.05, 3.63) is 65.2 Å². The number of nitrogens with zero attached hydrogens (tertiary/aromatic N) is 3. The molecule has 0 spiro atoms. The topological polar surface area (TPSA) is 56.5 Å². The molecule has 0 N–H and O–H groups in total. The summed E-state index contributed by atoms with van der Waals surface area (Å²) in [6.45, 7) is 4.11. The monoisotopic (exact) mass is 349 g/mol. The number of hydrogen-bond donors (Lipinski definition) is 0. The van der Waals surface area contributed by atoms with E-state index in [9.17, 15) is 4.79 Å². The molecule has 0 bridgehead atoms. The predicted octanol–water partition coefficient (Wildman–Crippen LogP) is 4.52. The van der Waals surface area contributed by atoms with Gasteiger partial charge in [0.1, 0.15) is 0 Å². The van der Waals surface area contributed by atoms with Gasteiger partial charge in [-0.15, -0.1) is 0 Å². The van der Waals surface area contributed by atoms with Crippen molar-refractivity contribution in [2.45, 2.75) is 26.3 Å². The van der Waals surface area contributed by atoms with Crippen LogP contribution in [0.25, 0.3) is 0 Å². The number of carbonyl (C=O) groups is 1. The maximum atomic E-state index is 13.0. The van der Waals surface area contributed by atoms with Gasteiger partial charge in [-0.3, -0.25) is 9.69 Å². The van der Waals surface area contributed by atoms with Gasteiger partial charge in [0.05, 0.1) is 17.3 Å². The number of amides is 1. The van der Waals surface area contributed by atoms with Crippen LogP contribution >= 0.6 is 11.8 Å². The van der Waals surface area contributed by atoms with Gasteiger partial charge in [-0.2, -0.15) is 5.26 Å². The van der Waals surface area contributed by atoms with Gasteiger partial charge in [0.25, 0.3) is 5.91 Å². The molecule has 1 amide bonds. The van der Waals surface area contributed by atoms with Crippen molar-refractivity contribution in [3.63, 3.8) is 0 Å². The van der Waals surface area contributed by atoms with Crippen molar-refractivity contribution in [1.29, 1.82) is 5.26 Å². The first kappa shape index (κ1) is 17.2. The Bertz CT molecular complexity index is 852. The summed E-state index contributed by atoms with van der Waals surface area (Å²) < 4.78 is 0. The van der Waals surface area contributed by atoms with Crippen molar-refractivity contribution in [2.75, 3.05) is 5.75 Å². The van der Waals surface area contributed by atoms with Crippen LogP contribution in [0.4, 0.5) is 5.69 Å². The molecule has 2 aromatic carbocycles. The Morgan fingerprint density at radius 2 is 2.08 bits per heavy atom. The molecule has 1 fully saturated rings. The lowest BCUT2D eigenvalue weighted by molar-refractivity contribution is 0.0819. The molecule has 1 aliphatic heterocycles. The van der Waals surface area contributed by atoms with E-state index in [-0.39, 0.29) is 11.9 Å². The highest BCUT2D eigenvalue weighted by molar-refractivity contribution is 8.14. The normalized spacial score (nSPS) is 18.4. The number of aliphatic imine (C=N–C) groups is 1. The van der Waals surface area contributed by atoms with Gasteiger partial charge in [-0.05, 0) is 55.3 Å². The average Bonchev–Trinajstić information content (AvgIpc) is 3.03. The van der Waals surface area contributed by atoms with E-state index in [1.807, 2.05) is 31.2 Å². The third-order valence-electron chi connectivity index (χ3n) is 4.15. The third kappa shape index (κ3) is 3.75. The maximum Gasteiger partial charge on any atom is 0.260 e. The molecule has 2 aromatic rings. The van der Waals surface area contributed by atoms with Crippen LogP contribution in [0.3, 0.4) is 0 Å². The van der Waals surface area contributed by atoms with Crippen molar-refractivity contribution < 1.29 is 4.79 Å². The Kier molecular flexibility index (Phi) is 5.20. The first-order valence-electron chi connectivity index (χ1n) is 8.24. The van der Waals surface area contributed by atoms with Gasteiger partial charge in [0.2, 0.25) is 0 Å². The Morgan fingerprint density at radius 3 is 2.72 bits per heavy atom. The van der Waals surface area contributed by atoms with Crippen molar-refractivity contribution in [2.24, 2.45) is 4.99 Å². The molecule has 1 aliphatic rings. The Labute approximate surface area is 152 Å². The summed E-state index contributed by atoms with van der Waals surface area (Å²) in [4.78, 5) is 19.5. The largest absolute Gasteiger partial charge is 0.283 e.